The quantitative estimate of drug-likeness (QED) is 0.222. The average Bonchev–Trinajstić information content (AvgIpc) is 3.20. The lowest BCUT2D eigenvalue weighted by atomic mass is 10.3. The van der Waals surface area contributed by atoms with Gasteiger partial charge in [0.05, 0.1) is 25.1 Å². The van der Waals surface area contributed by atoms with Crippen LogP contribution in [0.15, 0.2) is 64.9 Å². The highest BCUT2D eigenvalue weighted by Crippen LogP contribution is 2.21. The van der Waals surface area contributed by atoms with E-state index in [4.69, 9.17) is 9.47 Å². The van der Waals surface area contributed by atoms with Gasteiger partial charge in [-0.1, -0.05) is 18.2 Å². The number of benzene rings is 2. The Kier molecular flexibility index (Phi) is 6.58. The number of tetrazole rings is 1. The molecule has 28 heavy (non-hydrogen) atoms. The third kappa shape index (κ3) is 4.86. The topological polar surface area (TPSA) is 104 Å². The second-order valence-electron chi connectivity index (χ2n) is 5.29. The number of rotatable bonds is 6. The van der Waals surface area contributed by atoms with Gasteiger partial charge in [-0.3, -0.25) is 5.43 Å². The van der Waals surface area contributed by atoms with Gasteiger partial charge in [-0.05, 0) is 65.5 Å². The Labute approximate surface area is 165 Å². The fourth-order valence-electron chi connectivity index (χ4n) is 2.14. The maximum atomic E-state index is 12.3. The summed E-state index contributed by atoms with van der Waals surface area (Å²) in [6, 6.07) is 16.5. The first-order valence-corrected chi connectivity index (χ1v) is 9.19. The number of aromatic nitrogens is 4. The molecule has 0 amide bonds. The first kappa shape index (κ1) is 19.4. The summed E-state index contributed by atoms with van der Waals surface area (Å²) in [7, 11) is 1.59. The SMILES string of the molecule is CCOC(=O)/C(=N\Nc1ccc(OC)cc1)Sc1nnnn1-c1ccccc1. The molecule has 0 fully saturated rings. The smallest absolute Gasteiger partial charge is 0.365 e. The number of nitrogens with zero attached hydrogens (tertiary/aromatic N) is 5. The summed E-state index contributed by atoms with van der Waals surface area (Å²) < 4.78 is 11.7. The lowest BCUT2D eigenvalue weighted by molar-refractivity contribution is -0.134. The van der Waals surface area contributed by atoms with Crippen LogP contribution in [0.1, 0.15) is 6.92 Å². The number of carbonyl (C=O) groups excluding carboxylic acids is 1. The number of hydrogen-bond acceptors (Lipinski definition) is 9. The molecule has 0 saturated heterocycles. The van der Waals surface area contributed by atoms with Gasteiger partial charge in [-0.15, -0.1) is 5.10 Å². The number of methoxy groups -OCH3 is 1. The highest BCUT2D eigenvalue weighted by atomic mass is 32.2. The van der Waals surface area contributed by atoms with E-state index in [9.17, 15) is 4.79 Å². The number of hydrogen-bond donors (Lipinski definition) is 1. The molecule has 1 heterocycles. The first-order chi connectivity index (χ1) is 13.7. The Morgan fingerprint density at radius 2 is 1.93 bits per heavy atom. The van der Waals surface area contributed by atoms with Crippen molar-refractivity contribution in [3.63, 3.8) is 0 Å². The van der Waals surface area contributed by atoms with E-state index < -0.39 is 5.97 Å². The number of thioether (sulfide) groups is 1. The number of nitrogens with one attached hydrogen (secondary N) is 1. The van der Waals surface area contributed by atoms with Crippen molar-refractivity contribution < 1.29 is 14.3 Å². The number of anilines is 1. The summed E-state index contributed by atoms with van der Waals surface area (Å²) in [6.45, 7) is 1.95. The molecule has 10 heteroatoms. The Morgan fingerprint density at radius 3 is 2.61 bits per heavy atom. The minimum absolute atomic E-state index is 0.0737. The largest absolute Gasteiger partial charge is 0.497 e. The number of ether oxygens (including phenoxy) is 2. The van der Waals surface area contributed by atoms with Crippen LogP contribution in [0.3, 0.4) is 0 Å². The van der Waals surface area contributed by atoms with Crippen molar-refractivity contribution in [2.75, 3.05) is 19.1 Å². The molecule has 0 saturated carbocycles. The van der Waals surface area contributed by atoms with Gasteiger partial charge in [0, 0.05) is 0 Å². The molecule has 1 aromatic heterocycles. The van der Waals surface area contributed by atoms with Crippen LogP contribution >= 0.6 is 11.8 Å². The Balaban J connectivity index is 1.83. The van der Waals surface area contributed by atoms with Crippen LogP contribution in [0.25, 0.3) is 5.69 Å². The summed E-state index contributed by atoms with van der Waals surface area (Å²) in [6.07, 6.45) is 0. The number of carbonyl (C=O) groups is 1. The van der Waals surface area contributed by atoms with Gasteiger partial charge in [0.15, 0.2) is 0 Å². The normalized spacial score (nSPS) is 11.1. The molecule has 3 aromatic rings. The zero-order chi connectivity index (χ0) is 19.8. The zero-order valence-corrected chi connectivity index (χ0v) is 16.1. The molecule has 0 aliphatic carbocycles. The highest BCUT2D eigenvalue weighted by molar-refractivity contribution is 8.15. The van der Waals surface area contributed by atoms with E-state index in [1.807, 2.05) is 30.3 Å². The van der Waals surface area contributed by atoms with Gasteiger partial charge in [-0.25, -0.2) is 4.79 Å². The van der Waals surface area contributed by atoms with E-state index in [2.05, 4.69) is 26.1 Å². The molecule has 0 bridgehead atoms. The van der Waals surface area contributed by atoms with Crippen molar-refractivity contribution in [1.29, 1.82) is 0 Å². The van der Waals surface area contributed by atoms with Crippen LogP contribution in [-0.2, 0) is 9.53 Å². The first-order valence-electron chi connectivity index (χ1n) is 8.37. The molecule has 0 aliphatic heterocycles. The van der Waals surface area contributed by atoms with Crippen molar-refractivity contribution in [2.45, 2.75) is 12.1 Å². The number of para-hydroxylation sites is 1. The molecule has 2 aromatic carbocycles. The fourth-order valence-corrected chi connectivity index (χ4v) is 2.86. The van der Waals surface area contributed by atoms with E-state index in [1.165, 1.54) is 4.68 Å². The van der Waals surface area contributed by atoms with E-state index in [-0.39, 0.29) is 11.7 Å². The van der Waals surface area contributed by atoms with Crippen LogP contribution < -0.4 is 10.2 Å². The predicted octanol–water partition coefficient (Wildman–Crippen LogP) is 2.75. The van der Waals surface area contributed by atoms with Crippen molar-refractivity contribution in [2.24, 2.45) is 5.10 Å². The van der Waals surface area contributed by atoms with Crippen LogP contribution in [-0.4, -0.2) is 44.9 Å². The number of esters is 1. The molecular weight excluding hydrogens is 380 g/mol. The van der Waals surface area contributed by atoms with Gasteiger partial charge in [0.2, 0.25) is 10.2 Å². The Bertz CT molecular complexity index is 943. The van der Waals surface area contributed by atoms with Gasteiger partial charge in [0.25, 0.3) is 0 Å². The molecule has 0 radical (unpaired) electrons. The van der Waals surface area contributed by atoms with Crippen LogP contribution in [0.4, 0.5) is 5.69 Å². The van der Waals surface area contributed by atoms with E-state index in [1.54, 1.807) is 38.3 Å². The van der Waals surface area contributed by atoms with E-state index in [0.717, 1.165) is 23.2 Å². The predicted molar refractivity (Wildman–Crippen MR) is 106 cm³/mol. The van der Waals surface area contributed by atoms with Crippen molar-refractivity contribution in [3.05, 3.63) is 54.6 Å². The molecule has 9 nitrogen and oxygen atoms in total. The van der Waals surface area contributed by atoms with Gasteiger partial charge in [0.1, 0.15) is 5.75 Å². The standard InChI is InChI=1S/C18H18N6O3S/c1-3-27-17(25)16(20-19-13-9-11-15(26-2)12-10-13)28-18-21-22-23-24(18)14-7-5-4-6-8-14/h4-12,19H,3H2,1-2H3/b20-16+. The minimum atomic E-state index is -0.573. The molecule has 0 unspecified atom stereocenters. The van der Waals surface area contributed by atoms with Gasteiger partial charge in [-0.2, -0.15) is 9.78 Å². The third-order valence-corrected chi connectivity index (χ3v) is 4.34. The molecule has 0 aliphatic rings. The third-order valence-electron chi connectivity index (χ3n) is 3.46. The fraction of sp³-hybridized carbons (Fsp3) is 0.167. The number of hydrazone groups is 1. The molecular formula is C18H18N6O3S. The molecule has 0 atom stereocenters. The van der Waals surface area contributed by atoms with Crippen LogP contribution in [0.5, 0.6) is 5.75 Å². The van der Waals surface area contributed by atoms with Crippen molar-refractivity contribution in [3.8, 4) is 11.4 Å². The molecule has 1 N–H and O–H groups in total. The van der Waals surface area contributed by atoms with Gasteiger partial charge < -0.3 is 9.47 Å². The summed E-state index contributed by atoms with van der Waals surface area (Å²) in [5, 5.41) is 16.3. The minimum Gasteiger partial charge on any atom is -0.497 e. The monoisotopic (exact) mass is 398 g/mol. The summed E-state index contributed by atoms with van der Waals surface area (Å²) in [4.78, 5) is 12.3. The summed E-state index contributed by atoms with van der Waals surface area (Å²) in [5.41, 5.74) is 4.29. The van der Waals surface area contributed by atoms with Crippen molar-refractivity contribution in [1.82, 2.24) is 20.2 Å². The Hall–Kier alpha value is -3.40. The summed E-state index contributed by atoms with van der Waals surface area (Å²) in [5.74, 6) is 0.146. The van der Waals surface area contributed by atoms with E-state index >= 15 is 0 Å². The lowest BCUT2D eigenvalue weighted by Gasteiger charge is -2.08. The molecule has 3 rings (SSSR count). The van der Waals surface area contributed by atoms with Crippen LogP contribution in [0, 0.1) is 0 Å². The maximum absolute atomic E-state index is 12.3. The van der Waals surface area contributed by atoms with Crippen LogP contribution in [0.2, 0.25) is 0 Å². The second kappa shape index (κ2) is 9.51. The average molecular weight is 398 g/mol. The Morgan fingerprint density at radius 1 is 1.18 bits per heavy atom. The summed E-state index contributed by atoms with van der Waals surface area (Å²) >= 11 is 1.01. The van der Waals surface area contributed by atoms with Crippen molar-refractivity contribution >= 4 is 28.5 Å². The second-order valence-corrected chi connectivity index (χ2v) is 6.24. The zero-order valence-electron chi connectivity index (χ0n) is 15.3. The molecule has 144 valence electrons. The van der Waals surface area contributed by atoms with Gasteiger partial charge >= 0.3 is 5.97 Å². The van der Waals surface area contributed by atoms with E-state index in [0.29, 0.717) is 10.8 Å². The maximum Gasteiger partial charge on any atom is 0.365 e. The highest BCUT2D eigenvalue weighted by Gasteiger charge is 2.20. The molecule has 0 spiro atoms. The lowest BCUT2D eigenvalue weighted by Crippen LogP contribution is -2.17.